The van der Waals surface area contributed by atoms with E-state index in [-0.39, 0.29) is 79.0 Å². The Morgan fingerprint density at radius 2 is 1.71 bits per heavy atom. The Morgan fingerprint density at radius 3 is 2.26 bits per heavy atom. The molecule has 9 heteroatoms. The molecule has 35 heavy (non-hydrogen) atoms. The van der Waals surface area contributed by atoms with Crippen molar-refractivity contribution in [2.75, 3.05) is 13.2 Å². The zero-order valence-corrected chi connectivity index (χ0v) is 23.1. The molecular formula is C26H34FNaO7. The molecule has 2 aromatic rings. The first-order valence-corrected chi connectivity index (χ1v) is 11.3. The number of halogens is 1. The van der Waals surface area contributed by atoms with E-state index in [1.54, 1.807) is 19.9 Å². The summed E-state index contributed by atoms with van der Waals surface area (Å²) in [6, 6.07) is 7.27. The van der Waals surface area contributed by atoms with Crippen molar-refractivity contribution in [2.45, 2.75) is 59.5 Å². The van der Waals surface area contributed by atoms with Gasteiger partial charge in [-0.2, -0.15) is 0 Å². The van der Waals surface area contributed by atoms with Gasteiger partial charge in [-0.25, -0.2) is 4.39 Å². The van der Waals surface area contributed by atoms with E-state index in [2.05, 4.69) is 0 Å². The number of carbonyl (C=O) groups excluding carboxylic acids is 1. The summed E-state index contributed by atoms with van der Waals surface area (Å²) in [6.07, 6.45) is 0.361. The zero-order chi connectivity index (χ0) is 25.5. The van der Waals surface area contributed by atoms with Crippen LogP contribution in [0.5, 0.6) is 17.2 Å². The molecule has 0 aromatic heterocycles. The largest absolute Gasteiger partial charge is 1.00 e. The maximum Gasteiger partial charge on any atom is 1.00 e. The molecule has 2 rings (SSSR count). The number of aromatic hydroxyl groups is 1. The van der Waals surface area contributed by atoms with Crippen LogP contribution in [-0.2, 0) is 11.2 Å². The molecule has 0 bridgehead atoms. The number of benzene rings is 2. The van der Waals surface area contributed by atoms with Gasteiger partial charge in [0, 0.05) is 17.4 Å². The van der Waals surface area contributed by atoms with Crippen molar-refractivity contribution in [3.05, 3.63) is 52.8 Å². The van der Waals surface area contributed by atoms with Crippen LogP contribution in [0.2, 0.25) is 0 Å². The summed E-state index contributed by atoms with van der Waals surface area (Å²) < 4.78 is 25.7. The number of aliphatic hydroxyl groups excluding tert-OH is 1. The van der Waals surface area contributed by atoms with Crippen LogP contribution in [0.3, 0.4) is 0 Å². The van der Waals surface area contributed by atoms with E-state index in [0.717, 1.165) is 12.5 Å². The first-order valence-electron chi connectivity index (χ1n) is 11.3. The van der Waals surface area contributed by atoms with Crippen LogP contribution in [0.4, 0.5) is 4.39 Å². The molecule has 1 unspecified atom stereocenters. The molecule has 7 nitrogen and oxygen atoms in total. The van der Waals surface area contributed by atoms with Crippen LogP contribution >= 0.6 is 0 Å². The Morgan fingerprint density at radius 1 is 1.11 bits per heavy atom. The molecule has 0 aliphatic rings. The number of phenolic OH excluding ortho intramolecular Hbond substituents is 1. The third-order valence-corrected chi connectivity index (χ3v) is 5.54. The maximum absolute atomic E-state index is 14.5. The fraction of sp³-hybridized carbons (Fsp3) is 0.462. The molecule has 0 spiro atoms. The third-order valence-electron chi connectivity index (χ3n) is 5.54. The Hall–Kier alpha value is -2.13. The third kappa shape index (κ3) is 8.49. The number of carboxylic acid groups (broad SMARTS) is 1. The average molecular weight is 501 g/mol. The van der Waals surface area contributed by atoms with Crippen molar-refractivity contribution in [1.29, 1.82) is 0 Å². The molecule has 3 N–H and O–H groups in total. The van der Waals surface area contributed by atoms with Gasteiger partial charge in [0.05, 0.1) is 31.3 Å². The van der Waals surface area contributed by atoms with Crippen LogP contribution in [0.1, 0.15) is 76.0 Å². The number of phenols is 1. The molecule has 0 amide bonds. The summed E-state index contributed by atoms with van der Waals surface area (Å²) in [6.45, 7) is 7.00. The van der Waals surface area contributed by atoms with Crippen molar-refractivity contribution in [1.82, 2.24) is 0 Å². The van der Waals surface area contributed by atoms with Gasteiger partial charge < -0.3 is 26.2 Å². The Bertz CT molecular complexity index is 1030. The summed E-state index contributed by atoms with van der Waals surface area (Å²) in [5, 5.41) is 29.9. The second kappa shape index (κ2) is 13.8. The molecule has 0 radical (unpaired) electrons. The van der Waals surface area contributed by atoms with Crippen molar-refractivity contribution in [2.24, 2.45) is 5.41 Å². The summed E-state index contributed by atoms with van der Waals surface area (Å²) in [5.41, 5.74) is 0.152. The van der Waals surface area contributed by atoms with Gasteiger partial charge >= 0.3 is 35.5 Å². The van der Waals surface area contributed by atoms with Gasteiger partial charge in [0.1, 0.15) is 11.5 Å². The Kier molecular flexibility index (Phi) is 12.2. The van der Waals surface area contributed by atoms with Gasteiger partial charge in [0.2, 0.25) is 0 Å². The predicted molar refractivity (Wildman–Crippen MR) is 126 cm³/mol. The number of aliphatic carboxylic acids is 1. The van der Waals surface area contributed by atoms with E-state index in [0.29, 0.717) is 24.2 Å². The van der Waals surface area contributed by atoms with Gasteiger partial charge in [-0.05, 0) is 43.2 Å². The molecule has 0 aliphatic heterocycles. The first-order chi connectivity index (χ1) is 16.0. The zero-order valence-electron chi connectivity index (χ0n) is 22.1. The van der Waals surface area contributed by atoms with Crippen molar-refractivity contribution >= 4 is 11.8 Å². The normalized spacial score (nSPS) is 11.9. The number of hydrogen-bond donors (Lipinski definition) is 3. The monoisotopic (exact) mass is 500 g/mol. The quantitative estimate of drug-likeness (QED) is 0.220. The number of ether oxygens (including phenoxy) is 2. The summed E-state index contributed by atoms with van der Waals surface area (Å²) in [7, 11) is 0. The number of hydrogen-bond acceptors (Lipinski definition) is 6. The minimum atomic E-state index is -1.15. The smallest absolute Gasteiger partial charge is 1.00 e. The van der Waals surface area contributed by atoms with Gasteiger partial charge in [0.15, 0.2) is 17.3 Å². The summed E-state index contributed by atoms with van der Waals surface area (Å²) >= 11 is 0. The predicted octanol–water partition coefficient (Wildman–Crippen LogP) is 2.19. The summed E-state index contributed by atoms with van der Waals surface area (Å²) in [5.74, 6) is -1.46. The Balaban J connectivity index is 0.00000612. The van der Waals surface area contributed by atoms with Gasteiger partial charge in [0.25, 0.3) is 0 Å². The van der Waals surface area contributed by atoms with E-state index in [4.69, 9.17) is 14.6 Å². The van der Waals surface area contributed by atoms with Crippen molar-refractivity contribution < 1.29 is 69.8 Å². The van der Waals surface area contributed by atoms with Gasteiger partial charge in [-0.3, -0.25) is 9.59 Å². The van der Waals surface area contributed by atoms with Gasteiger partial charge in [-0.15, -0.1) is 0 Å². The second-order valence-corrected chi connectivity index (χ2v) is 8.95. The van der Waals surface area contributed by atoms with Crippen LogP contribution in [-0.4, -0.2) is 40.3 Å². The molecular weight excluding hydrogens is 466 g/mol. The molecule has 1 atom stereocenters. The van der Waals surface area contributed by atoms with Crippen molar-refractivity contribution in [3.63, 3.8) is 0 Å². The molecule has 0 aliphatic carbocycles. The second-order valence-electron chi connectivity index (χ2n) is 8.95. The van der Waals surface area contributed by atoms with Crippen LogP contribution in [0, 0.1) is 11.2 Å². The van der Waals surface area contributed by atoms with E-state index >= 15 is 0 Å². The number of aliphatic hydroxyl groups is 1. The number of carbonyl (C=O) groups is 2. The molecule has 0 saturated carbocycles. The minimum absolute atomic E-state index is 0. The number of rotatable bonds is 13. The SMILES string of the molecule is CCCc1c(OCCCOc2ccc(C(O)C(C)(C)CC(=O)O)cc2F)ccc(C(C)=O)c1O.[H-].[Na+]. The van der Waals surface area contributed by atoms with E-state index < -0.39 is 23.3 Å². The van der Waals surface area contributed by atoms with Crippen LogP contribution < -0.4 is 39.0 Å². The fourth-order valence-electron chi connectivity index (χ4n) is 3.69. The van der Waals surface area contributed by atoms with E-state index in [9.17, 15) is 24.2 Å². The minimum Gasteiger partial charge on any atom is -1.00 e. The van der Waals surface area contributed by atoms with Crippen LogP contribution in [0.15, 0.2) is 30.3 Å². The van der Waals surface area contributed by atoms with Crippen LogP contribution in [0.25, 0.3) is 0 Å². The molecule has 2 aromatic carbocycles. The molecule has 0 saturated heterocycles. The molecule has 188 valence electrons. The standard InChI is InChI=1S/C26H33FO7.Na.H/c1-5-7-19-21(11-9-18(16(2)28)24(19)31)33-12-6-13-34-22-10-8-17(14-20(22)27)25(32)26(3,4)15-23(29)30;;/h8-11,14,25,31-32H,5-7,12-13,15H2,1-4H3,(H,29,30);;/q;+1;-1. The molecule has 0 heterocycles. The number of carboxylic acids is 1. The number of Topliss-reactive ketones (excluding diaryl/α,β-unsaturated/α-hetero) is 1. The average Bonchev–Trinajstić information content (AvgIpc) is 2.75. The first kappa shape index (κ1) is 30.9. The van der Waals surface area contributed by atoms with Crippen molar-refractivity contribution in [3.8, 4) is 17.2 Å². The Labute approximate surface area is 229 Å². The van der Waals surface area contributed by atoms with Gasteiger partial charge in [-0.1, -0.05) is 33.3 Å². The number of ketones is 1. The molecule has 0 fully saturated rings. The maximum atomic E-state index is 14.5. The topological polar surface area (TPSA) is 113 Å². The van der Waals surface area contributed by atoms with E-state index in [1.165, 1.54) is 25.1 Å². The summed E-state index contributed by atoms with van der Waals surface area (Å²) in [4.78, 5) is 22.7. The van der Waals surface area contributed by atoms with E-state index in [1.807, 2.05) is 6.92 Å². The fourth-order valence-corrected chi connectivity index (χ4v) is 3.69.